The van der Waals surface area contributed by atoms with Crippen LogP contribution in [0, 0.1) is 13.8 Å². The predicted octanol–water partition coefficient (Wildman–Crippen LogP) is 3.70. The van der Waals surface area contributed by atoms with Crippen molar-refractivity contribution in [1.82, 2.24) is 9.97 Å². The fourth-order valence-corrected chi connectivity index (χ4v) is 2.99. The summed E-state index contributed by atoms with van der Waals surface area (Å²) < 4.78 is 0. The van der Waals surface area contributed by atoms with Crippen molar-refractivity contribution in [2.45, 2.75) is 45.6 Å². The number of rotatable bonds is 3. The topological polar surface area (TPSA) is 63.8 Å². The summed E-state index contributed by atoms with van der Waals surface area (Å²) in [5, 5.41) is 3.49. The van der Waals surface area contributed by atoms with Gasteiger partial charge in [0.05, 0.1) is 5.69 Å². The summed E-state index contributed by atoms with van der Waals surface area (Å²) in [6.07, 6.45) is 5.01. The van der Waals surface area contributed by atoms with E-state index in [1.165, 1.54) is 36.8 Å². The summed E-state index contributed by atoms with van der Waals surface area (Å²) in [7, 11) is 0. The molecular formula is C17H22N4. The number of anilines is 2. The Labute approximate surface area is 125 Å². The molecule has 0 radical (unpaired) electrons. The molecule has 4 nitrogen and oxygen atoms in total. The van der Waals surface area contributed by atoms with E-state index in [-0.39, 0.29) is 0 Å². The van der Waals surface area contributed by atoms with Crippen LogP contribution in [0.5, 0.6) is 0 Å². The first-order valence-corrected chi connectivity index (χ1v) is 7.61. The van der Waals surface area contributed by atoms with E-state index in [0.29, 0.717) is 12.0 Å². The number of nitrogens with one attached hydrogen (secondary N) is 1. The Kier molecular flexibility index (Phi) is 3.78. The minimum atomic E-state index is 0.328. The van der Waals surface area contributed by atoms with Crippen molar-refractivity contribution in [3.05, 3.63) is 35.4 Å². The smallest absolute Gasteiger partial charge is 0.222 e. The molecule has 1 fully saturated rings. The minimum absolute atomic E-state index is 0.328. The molecule has 0 aliphatic heterocycles. The molecule has 0 bridgehead atoms. The largest absolute Gasteiger partial charge is 0.368 e. The standard InChI is InChI=1S/C17H22N4/c1-11-6-5-9-14(12(11)2)15-10-16(21-17(18)20-15)19-13-7-3-4-8-13/h5-6,9-10,13H,3-4,7-8H2,1-2H3,(H3,18,19,20,21). The molecule has 1 heterocycles. The number of aryl methyl sites for hydroxylation is 1. The van der Waals surface area contributed by atoms with E-state index in [1.807, 2.05) is 6.07 Å². The summed E-state index contributed by atoms with van der Waals surface area (Å²) >= 11 is 0. The highest BCUT2D eigenvalue weighted by molar-refractivity contribution is 5.68. The third kappa shape index (κ3) is 2.99. The van der Waals surface area contributed by atoms with Gasteiger partial charge in [0, 0.05) is 17.7 Å². The van der Waals surface area contributed by atoms with Gasteiger partial charge < -0.3 is 11.1 Å². The maximum Gasteiger partial charge on any atom is 0.222 e. The SMILES string of the molecule is Cc1cccc(-c2cc(NC3CCCC3)nc(N)n2)c1C. The van der Waals surface area contributed by atoms with Crippen LogP contribution in [-0.2, 0) is 0 Å². The van der Waals surface area contributed by atoms with Gasteiger partial charge in [0.25, 0.3) is 0 Å². The first-order chi connectivity index (χ1) is 10.1. The van der Waals surface area contributed by atoms with Crippen LogP contribution in [0.1, 0.15) is 36.8 Å². The summed E-state index contributed by atoms with van der Waals surface area (Å²) in [5.74, 6) is 1.17. The van der Waals surface area contributed by atoms with Crippen LogP contribution in [0.4, 0.5) is 11.8 Å². The Balaban J connectivity index is 1.95. The molecule has 110 valence electrons. The van der Waals surface area contributed by atoms with Crippen LogP contribution in [0.3, 0.4) is 0 Å². The van der Waals surface area contributed by atoms with Gasteiger partial charge in [-0.25, -0.2) is 4.98 Å². The summed E-state index contributed by atoms with van der Waals surface area (Å²) in [6.45, 7) is 4.23. The third-order valence-corrected chi connectivity index (χ3v) is 4.33. The Morgan fingerprint density at radius 2 is 1.90 bits per heavy atom. The zero-order valence-electron chi connectivity index (χ0n) is 12.7. The zero-order chi connectivity index (χ0) is 14.8. The van der Waals surface area contributed by atoms with E-state index < -0.39 is 0 Å². The molecule has 2 aromatic rings. The molecule has 1 aliphatic rings. The first kappa shape index (κ1) is 13.9. The molecular weight excluding hydrogens is 260 g/mol. The number of benzene rings is 1. The number of nitrogens with two attached hydrogens (primary N) is 1. The molecule has 4 heteroatoms. The van der Waals surface area contributed by atoms with Gasteiger partial charge in [-0.1, -0.05) is 31.0 Å². The third-order valence-electron chi connectivity index (χ3n) is 4.33. The van der Waals surface area contributed by atoms with Crippen LogP contribution in [0.2, 0.25) is 0 Å². The Morgan fingerprint density at radius 1 is 1.14 bits per heavy atom. The molecule has 0 saturated heterocycles. The van der Waals surface area contributed by atoms with Crippen molar-refractivity contribution in [2.75, 3.05) is 11.1 Å². The maximum absolute atomic E-state index is 5.90. The minimum Gasteiger partial charge on any atom is -0.368 e. The molecule has 0 amide bonds. The van der Waals surface area contributed by atoms with E-state index >= 15 is 0 Å². The van der Waals surface area contributed by atoms with E-state index in [0.717, 1.165) is 17.1 Å². The van der Waals surface area contributed by atoms with Crippen LogP contribution in [0.15, 0.2) is 24.3 Å². The lowest BCUT2D eigenvalue weighted by Gasteiger charge is -2.14. The molecule has 3 rings (SSSR count). The molecule has 1 aromatic carbocycles. The number of nitrogens with zero attached hydrogens (tertiary/aromatic N) is 2. The second kappa shape index (κ2) is 5.72. The molecule has 3 N–H and O–H groups in total. The Morgan fingerprint density at radius 3 is 2.67 bits per heavy atom. The lowest BCUT2D eigenvalue weighted by atomic mass is 10.0. The molecule has 1 aromatic heterocycles. The molecule has 21 heavy (non-hydrogen) atoms. The van der Waals surface area contributed by atoms with Crippen molar-refractivity contribution in [3.8, 4) is 11.3 Å². The average molecular weight is 282 g/mol. The van der Waals surface area contributed by atoms with E-state index in [2.05, 4.69) is 47.3 Å². The Bertz CT molecular complexity index is 645. The maximum atomic E-state index is 5.90. The van der Waals surface area contributed by atoms with Crippen molar-refractivity contribution in [3.63, 3.8) is 0 Å². The second-order valence-electron chi connectivity index (χ2n) is 5.87. The number of hydrogen-bond donors (Lipinski definition) is 2. The van der Waals surface area contributed by atoms with Crippen molar-refractivity contribution in [1.29, 1.82) is 0 Å². The monoisotopic (exact) mass is 282 g/mol. The Hall–Kier alpha value is -2.10. The predicted molar refractivity (Wildman–Crippen MR) is 87.2 cm³/mol. The second-order valence-corrected chi connectivity index (χ2v) is 5.87. The fourth-order valence-electron chi connectivity index (χ4n) is 2.99. The van der Waals surface area contributed by atoms with E-state index in [4.69, 9.17) is 5.73 Å². The van der Waals surface area contributed by atoms with Crippen molar-refractivity contribution in [2.24, 2.45) is 0 Å². The number of hydrogen-bond acceptors (Lipinski definition) is 4. The number of nitrogen functional groups attached to an aromatic ring is 1. The van der Waals surface area contributed by atoms with Gasteiger partial charge in [0.2, 0.25) is 5.95 Å². The fraction of sp³-hybridized carbons (Fsp3) is 0.412. The highest BCUT2D eigenvalue weighted by atomic mass is 15.1. The number of aromatic nitrogens is 2. The van der Waals surface area contributed by atoms with Gasteiger partial charge in [-0.3, -0.25) is 0 Å². The van der Waals surface area contributed by atoms with Gasteiger partial charge >= 0.3 is 0 Å². The lowest BCUT2D eigenvalue weighted by molar-refractivity contribution is 0.750. The highest BCUT2D eigenvalue weighted by Gasteiger charge is 2.16. The first-order valence-electron chi connectivity index (χ1n) is 7.61. The van der Waals surface area contributed by atoms with E-state index in [1.54, 1.807) is 0 Å². The van der Waals surface area contributed by atoms with Crippen LogP contribution < -0.4 is 11.1 Å². The molecule has 1 aliphatic carbocycles. The van der Waals surface area contributed by atoms with Crippen LogP contribution in [0.25, 0.3) is 11.3 Å². The summed E-state index contributed by atoms with van der Waals surface area (Å²) in [6, 6.07) is 8.78. The van der Waals surface area contributed by atoms with Crippen LogP contribution in [-0.4, -0.2) is 16.0 Å². The molecule has 0 unspecified atom stereocenters. The molecule has 1 saturated carbocycles. The van der Waals surface area contributed by atoms with Gasteiger partial charge in [-0.2, -0.15) is 4.98 Å². The van der Waals surface area contributed by atoms with Gasteiger partial charge in [-0.05, 0) is 37.8 Å². The average Bonchev–Trinajstić information content (AvgIpc) is 2.94. The van der Waals surface area contributed by atoms with E-state index in [9.17, 15) is 0 Å². The van der Waals surface area contributed by atoms with Gasteiger partial charge in [0.15, 0.2) is 0 Å². The van der Waals surface area contributed by atoms with Crippen LogP contribution >= 0.6 is 0 Å². The van der Waals surface area contributed by atoms with Gasteiger partial charge in [0.1, 0.15) is 5.82 Å². The molecule has 0 atom stereocenters. The lowest BCUT2D eigenvalue weighted by Crippen LogP contribution is -2.16. The zero-order valence-corrected chi connectivity index (χ0v) is 12.7. The summed E-state index contributed by atoms with van der Waals surface area (Å²) in [4.78, 5) is 8.74. The highest BCUT2D eigenvalue weighted by Crippen LogP contribution is 2.27. The van der Waals surface area contributed by atoms with Crippen molar-refractivity contribution < 1.29 is 0 Å². The normalized spacial score (nSPS) is 15.3. The summed E-state index contributed by atoms with van der Waals surface area (Å²) in [5.41, 5.74) is 10.4. The van der Waals surface area contributed by atoms with Crippen molar-refractivity contribution >= 4 is 11.8 Å². The van der Waals surface area contributed by atoms with Gasteiger partial charge in [-0.15, -0.1) is 0 Å². The molecule has 0 spiro atoms. The quantitative estimate of drug-likeness (QED) is 0.901.